The van der Waals surface area contributed by atoms with Gasteiger partial charge in [-0.05, 0) is 36.5 Å². The average Bonchev–Trinajstić information content (AvgIpc) is 2.99. The van der Waals surface area contributed by atoms with Crippen LogP contribution in [0.3, 0.4) is 0 Å². The molecule has 122 valence electrons. The average molecular weight is 341 g/mol. The first-order valence-electron chi connectivity index (χ1n) is 7.15. The van der Waals surface area contributed by atoms with E-state index in [1.165, 1.54) is 4.68 Å². The van der Waals surface area contributed by atoms with Gasteiger partial charge in [0.15, 0.2) is 5.82 Å². The van der Waals surface area contributed by atoms with Gasteiger partial charge in [-0.1, -0.05) is 12.1 Å². The molecule has 0 aliphatic heterocycles. The highest BCUT2D eigenvalue weighted by atomic mass is 32.1. The molecule has 0 unspecified atom stereocenters. The summed E-state index contributed by atoms with van der Waals surface area (Å²) in [6, 6.07) is 12.9. The zero-order chi connectivity index (χ0) is 16.8. The molecule has 0 saturated heterocycles. The lowest BCUT2D eigenvalue weighted by atomic mass is 10.3. The normalized spacial score (nSPS) is 10.9. The Morgan fingerprint density at radius 2 is 2.12 bits per heavy atom. The van der Waals surface area contributed by atoms with Crippen molar-refractivity contribution in [3.05, 3.63) is 65.0 Å². The largest absolute Gasteiger partial charge is 0.497 e. The van der Waals surface area contributed by atoms with E-state index in [1.54, 1.807) is 25.6 Å². The number of hydrogen-bond acceptors (Lipinski definition) is 6. The summed E-state index contributed by atoms with van der Waals surface area (Å²) in [6.07, 6.45) is 3.31. The minimum atomic E-state index is 0.208. The molecule has 24 heavy (non-hydrogen) atoms. The van der Waals surface area contributed by atoms with Crippen LogP contribution in [0.25, 0.3) is 0 Å². The van der Waals surface area contributed by atoms with Gasteiger partial charge in [-0.25, -0.2) is 5.10 Å². The van der Waals surface area contributed by atoms with Gasteiger partial charge in [-0.2, -0.15) is 14.9 Å². The molecule has 0 spiro atoms. The third-order valence-electron chi connectivity index (χ3n) is 3.12. The predicted octanol–water partition coefficient (Wildman–Crippen LogP) is 2.81. The first-order chi connectivity index (χ1) is 11.8. The molecule has 8 heteroatoms. The minimum absolute atomic E-state index is 0.208. The highest BCUT2D eigenvalue weighted by Gasteiger charge is 2.06. The zero-order valence-corrected chi connectivity index (χ0v) is 13.7. The first kappa shape index (κ1) is 15.9. The fourth-order valence-electron chi connectivity index (χ4n) is 1.94. The van der Waals surface area contributed by atoms with Crippen LogP contribution in [0.15, 0.2) is 53.8 Å². The van der Waals surface area contributed by atoms with Crippen molar-refractivity contribution in [2.45, 2.75) is 6.61 Å². The fraction of sp³-hybridized carbons (Fsp3) is 0.125. The van der Waals surface area contributed by atoms with Crippen LogP contribution in [-0.2, 0) is 6.61 Å². The number of ether oxygens (including phenoxy) is 2. The van der Waals surface area contributed by atoms with Gasteiger partial charge in [-0.3, -0.25) is 4.98 Å². The third kappa shape index (κ3) is 3.85. The van der Waals surface area contributed by atoms with Gasteiger partial charge in [-0.15, -0.1) is 0 Å². The molecule has 7 nitrogen and oxygen atoms in total. The molecule has 3 aromatic rings. The summed E-state index contributed by atoms with van der Waals surface area (Å²) in [6.45, 7) is 0.208. The highest BCUT2D eigenvalue weighted by molar-refractivity contribution is 7.71. The number of aromatic amines is 1. The van der Waals surface area contributed by atoms with Gasteiger partial charge in [0.05, 0.1) is 19.0 Å². The Hall–Kier alpha value is -3.00. The Kier molecular flexibility index (Phi) is 4.97. The van der Waals surface area contributed by atoms with Crippen LogP contribution in [0.1, 0.15) is 11.5 Å². The number of pyridine rings is 1. The maximum absolute atomic E-state index is 5.72. The SMILES string of the molecule is COc1cccc(OCc2n[nH]c(=S)n2/N=C\c2ccccn2)c1. The monoisotopic (exact) mass is 341 g/mol. The van der Waals surface area contributed by atoms with Crippen molar-refractivity contribution in [1.29, 1.82) is 0 Å². The number of benzene rings is 1. The molecule has 0 radical (unpaired) electrons. The molecule has 1 aromatic carbocycles. The van der Waals surface area contributed by atoms with Gasteiger partial charge in [0.25, 0.3) is 0 Å². The van der Waals surface area contributed by atoms with E-state index in [1.807, 2.05) is 36.4 Å². The number of nitrogens with zero attached hydrogens (tertiary/aromatic N) is 4. The van der Waals surface area contributed by atoms with E-state index in [2.05, 4.69) is 20.3 Å². The number of nitrogens with one attached hydrogen (secondary N) is 1. The Labute approximate surface area is 143 Å². The number of rotatable bonds is 6. The lowest BCUT2D eigenvalue weighted by Crippen LogP contribution is -2.04. The number of hydrogen-bond donors (Lipinski definition) is 1. The second kappa shape index (κ2) is 7.51. The van der Waals surface area contributed by atoms with E-state index >= 15 is 0 Å². The summed E-state index contributed by atoms with van der Waals surface area (Å²) in [5.41, 5.74) is 0.722. The molecule has 0 bridgehead atoms. The summed E-state index contributed by atoms with van der Waals surface area (Å²) >= 11 is 5.19. The smallest absolute Gasteiger partial charge is 0.216 e. The van der Waals surface area contributed by atoms with E-state index < -0.39 is 0 Å². The molecule has 2 heterocycles. The summed E-state index contributed by atoms with van der Waals surface area (Å²) in [5.74, 6) is 1.94. The molecule has 0 aliphatic carbocycles. The first-order valence-corrected chi connectivity index (χ1v) is 7.55. The summed E-state index contributed by atoms with van der Waals surface area (Å²) < 4.78 is 12.8. The molecule has 0 saturated carbocycles. The van der Waals surface area contributed by atoms with Gasteiger partial charge < -0.3 is 9.47 Å². The Morgan fingerprint density at radius 3 is 2.92 bits per heavy atom. The van der Waals surface area contributed by atoms with Crippen LogP contribution in [0.5, 0.6) is 11.5 Å². The number of H-pyrrole nitrogens is 1. The molecule has 0 atom stereocenters. The van der Waals surface area contributed by atoms with Gasteiger partial charge >= 0.3 is 0 Å². The molecule has 2 aromatic heterocycles. The Balaban J connectivity index is 1.75. The quantitative estimate of drug-likeness (QED) is 0.551. The van der Waals surface area contributed by atoms with Crippen molar-refractivity contribution in [1.82, 2.24) is 19.9 Å². The summed E-state index contributed by atoms with van der Waals surface area (Å²) in [5, 5.41) is 11.2. The molecule has 0 fully saturated rings. The zero-order valence-electron chi connectivity index (χ0n) is 12.9. The van der Waals surface area contributed by atoms with Crippen LogP contribution in [0.4, 0.5) is 0 Å². The number of aromatic nitrogens is 4. The van der Waals surface area contributed by atoms with Gasteiger partial charge in [0, 0.05) is 12.3 Å². The van der Waals surface area contributed by atoms with E-state index in [9.17, 15) is 0 Å². The van der Waals surface area contributed by atoms with Crippen molar-refractivity contribution < 1.29 is 9.47 Å². The lowest BCUT2D eigenvalue weighted by Gasteiger charge is -2.07. The molecule has 0 amide bonds. The van der Waals surface area contributed by atoms with Gasteiger partial charge in [0.2, 0.25) is 4.77 Å². The second-order valence-corrected chi connectivity index (χ2v) is 5.11. The van der Waals surface area contributed by atoms with Crippen molar-refractivity contribution in [2.75, 3.05) is 7.11 Å². The maximum atomic E-state index is 5.72. The predicted molar refractivity (Wildman–Crippen MR) is 92.0 cm³/mol. The summed E-state index contributed by atoms with van der Waals surface area (Å²) in [7, 11) is 1.61. The number of methoxy groups -OCH3 is 1. The lowest BCUT2D eigenvalue weighted by molar-refractivity contribution is 0.288. The highest BCUT2D eigenvalue weighted by Crippen LogP contribution is 2.19. The minimum Gasteiger partial charge on any atom is -0.497 e. The van der Waals surface area contributed by atoms with Crippen LogP contribution in [-0.4, -0.2) is 33.2 Å². The van der Waals surface area contributed by atoms with E-state index in [0.717, 1.165) is 11.4 Å². The summed E-state index contributed by atoms with van der Waals surface area (Å²) in [4.78, 5) is 4.18. The second-order valence-electron chi connectivity index (χ2n) is 4.72. The van der Waals surface area contributed by atoms with E-state index in [0.29, 0.717) is 16.3 Å². The molecular weight excluding hydrogens is 326 g/mol. The van der Waals surface area contributed by atoms with Gasteiger partial charge in [0.1, 0.15) is 18.1 Å². The topological polar surface area (TPSA) is 77.3 Å². The van der Waals surface area contributed by atoms with E-state index in [-0.39, 0.29) is 6.61 Å². The Bertz CT molecular complexity index is 889. The van der Waals surface area contributed by atoms with Crippen LogP contribution < -0.4 is 9.47 Å². The standard InChI is InChI=1S/C16H15N5O2S/c1-22-13-6-4-7-14(9-13)23-11-15-19-20-16(24)21(15)18-10-12-5-2-3-8-17-12/h2-10H,11H2,1H3,(H,20,24)/b18-10-. The van der Waals surface area contributed by atoms with E-state index in [4.69, 9.17) is 21.7 Å². The fourth-order valence-corrected chi connectivity index (χ4v) is 2.14. The molecule has 0 aliphatic rings. The van der Waals surface area contributed by atoms with Crippen LogP contribution in [0, 0.1) is 4.77 Å². The molecule has 3 rings (SSSR count). The van der Waals surface area contributed by atoms with Crippen molar-refractivity contribution in [3.8, 4) is 11.5 Å². The van der Waals surface area contributed by atoms with Crippen molar-refractivity contribution in [3.63, 3.8) is 0 Å². The molecular formula is C16H15N5O2S. The van der Waals surface area contributed by atoms with Crippen molar-refractivity contribution in [2.24, 2.45) is 5.10 Å². The van der Waals surface area contributed by atoms with Crippen LogP contribution >= 0.6 is 12.2 Å². The Morgan fingerprint density at radius 1 is 1.25 bits per heavy atom. The molecule has 1 N–H and O–H groups in total. The van der Waals surface area contributed by atoms with Crippen LogP contribution in [0.2, 0.25) is 0 Å². The maximum Gasteiger partial charge on any atom is 0.216 e. The third-order valence-corrected chi connectivity index (χ3v) is 3.38. The van der Waals surface area contributed by atoms with Crippen molar-refractivity contribution >= 4 is 18.4 Å².